The van der Waals surface area contributed by atoms with Crippen molar-refractivity contribution in [3.63, 3.8) is 0 Å². The van der Waals surface area contributed by atoms with Crippen molar-refractivity contribution in [3.8, 4) is 0 Å². The van der Waals surface area contributed by atoms with E-state index in [9.17, 15) is 4.79 Å². The van der Waals surface area contributed by atoms with Crippen LogP contribution in [0.1, 0.15) is 25.0 Å². The lowest BCUT2D eigenvalue weighted by Gasteiger charge is -2.40. The average Bonchev–Trinajstić information content (AvgIpc) is 2.63. The van der Waals surface area contributed by atoms with Gasteiger partial charge in [-0.15, -0.1) is 0 Å². The highest BCUT2D eigenvalue weighted by Crippen LogP contribution is 2.30. The van der Waals surface area contributed by atoms with Crippen molar-refractivity contribution in [2.24, 2.45) is 0 Å². The van der Waals surface area contributed by atoms with Gasteiger partial charge in [-0.05, 0) is 51.0 Å². The molecule has 1 aliphatic rings. The summed E-state index contributed by atoms with van der Waals surface area (Å²) in [6, 6.07) is 4.00. The number of nitrogens with one attached hydrogen (secondary N) is 1. The molecule has 5 nitrogen and oxygen atoms in total. The summed E-state index contributed by atoms with van der Waals surface area (Å²) in [5.41, 5.74) is 3.62. The Morgan fingerprint density at radius 1 is 1.21 bits per heavy atom. The van der Waals surface area contributed by atoms with Gasteiger partial charge in [0.05, 0.1) is 11.0 Å². The fraction of sp³-hybridized carbons (Fsp3) is 0.429. The number of rotatable bonds is 0. The topological polar surface area (TPSA) is 50.2 Å². The van der Waals surface area contributed by atoms with Crippen molar-refractivity contribution < 1.29 is 4.79 Å². The van der Waals surface area contributed by atoms with Crippen LogP contribution in [0.4, 0.5) is 10.7 Å². The van der Waals surface area contributed by atoms with Gasteiger partial charge in [-0.2, -0.15) is 0 Å². The Morgan fingerprint density at radius 3 is 2.53 bits per heavy atom. The smallest absolute Gasteiger partial charge is 0.333 e. The number of imidazole rings is 1. The van der Waals surface area contributed by atoms with Crippen molar-refractivity contribution in [2.75, 3.05) is 12.4 Å². The van der Waals surface area contributed by atoms with Gasteiger partial charge in [0, 0.05) is 7.05 Å². The molecular formula is C14H18N4O. The summed E-state index contributed by atoms with van der Waals surface area (Å²) in [4.78, 5) is 18.7. The first-order valence-electron chi connectivity index (χ1n) is 6.37. The van der Waals surface area contributed by atoms with Gasteiger partial charge in [-0.3, -0.25) is 0 Å². The van der Waals surface area contributed by atoms with Crippen LogP contribution in [0.3, 0.4) is 0 Å². The van der Waals surface area contributed by atoms with E-state index >= 15 is 0 Å². The maximum absolute atomic E-state index is 12.5. The zero-order chi connectivity index (χ0) is 13.9. The van der Waals surface area contributed by atoms with Gasteiger partial charge in [-0.25, -0.2) is 14.3 Å². The average molecular weight is 258 g/mol. The molecule has 5 heteroatoms. The second-order valence-electron chi connectivity index (χ2n) is 5.72. The van der Waals surface area contributed by atoms with Gasteiger partial charge < -0.3 is 10.2 Å². The molecule has 0 fully saturated rings. The van der Waals surface area contributed by atoms with E-state index in [-0.39, 0.29) is 6.03 Å². The second-order valence-corrected chi connectivity index (χ2v) is 5.72. The first-order chi connectivity index (χ1) is 8.81. The SMILES string of the molecule is Cc1cc2nc3n(c2cc1C)C(=O)N(C)C(C)(C)N3. The minimum absolute atomic E-state index is 0.0514. The number of fused-ring (bicyclic) bond motifs is 3. The van der Waals surface area contributed by atoms with Gasteiger partial charge in [-0.1, -0.05) is 0 Å². The third kappa shape index (κ3) is 1.54. The fourth-order valence-electron chi connectivity index (χ4n) is 2.36. The molecule has 0 aliphatic carbocycles. The van der Waals surface area contributed by atoms with Crippen molar-refractivity contribution in [1.29, 1.82) is 0 Å². The van der Waals surface area contributed by atoms with Gasteiger partial charge in [0.25, 0.3) is 0 Å². The van der Waals surface area contributed by atoms with Crippen LogP contribution in [0, 0.1) is 13.8 Å². The van der Waals surface area contributed by atoms with Gasteiger partial charge in [0.15, 0.2) is 0 Å². The number of aryl methyl sites for hydroxylation is 2. The van der Waals surface area contributed by atoms with Gasteiger partial charge >= 0.3 is 6.03 Å². The summed E-state index contributed by atoms with van der Waals surface area (Å²) >= 11 is 0. The number of hydrogen-bond donors (Lipinski definition) is 1. The van der Waals surface area contributed by atoms with E-state index in [2.05, 4.69) is 17.2 Å². The second kappa shape index (κ2) is 3.50. The van der Waals surface area contributed by atoms with Crippen LogP contribution in [0.15, 0.2) is 12.1 Å². The summed E-state index contributed by atoms with van der Waals surface area (Å²) in [5, 5.41) is 3.30. The molecule has 100 valence electrons. The van der Waals surface area contributed by atoms with Crippen molar-refractivity contribution in [2.45, 2.75) is 33.4 Å². The molecule has 2 aromatic rings. The summed E-state index contributed by atoms with van der Waals surface area (Å²) in [6.45, 7) is 8.02. The van der Waals surface area contributed by atoms with E-state index in [1.54, 1.807) is 16.5 Å². The van der Waals surface area contributed by atoms with E-state index in [4.69, 9.17) is 0 Å². The van der Waals surface area contributed by atoms with Gasteiger partial charge in [0.1, 0.15) is 5.66 Å². The number of nitrogens with zero attached hydrogens (tertiary/aromatic N) is 3. The highest BCUT2D eigenvalue weighted by molar-refractivity contribution is 5.95. The van der Waals surface area contributed by atoms with Crippen LogP contribution in [0.2, 0.25) is 0 Å². The zero-order valence-electron chi connectivity index (χ0n) is 11.9. The van der Waals surface area contributed by atoms with Crippen LogP contribution in [0.25, 0.3) is 11.0 Å². The van der Waals surface area contributed by atoms with Crippen LogP contribution in [-0.4, -0.2) is 33.2 Å². The number of amides is 1. The van der Waals surface area contributed by atoms with E-state index in [1.807, 2.05) is 32.9 Å². The Hall–Kier alpha value is -2.04. The Kier molecular flexibility index (Phi) is 2.21. The normalized spacial score (nSPS) is 17.5. The largest absolute Gasteiger partial charge is 0.333 e. The van der Waals surface area contributed by atoms with Crippen molar-refractivity contribution in [1.82, 2.24) is 14.5 Å². The summed E-state index contributed by atoms with van der Waals surface area (Å²) < 4.78 is 1.65. The van der Waals surface area contributed by atoms with Crippen LogP contribution >= 0.6 is 0 Å². The lowest BCUT2D eigenvalue weighted by atomic mass is 10.1. The third-order valence-corrected chi connectivity index (χ3v) is 4.00. The summed E-state index contributed by atoms with van der Waals surface area (Å²) in [5.74, 6) is 0.619. The zero-order valence-corrected chi connectivity index (χ0v) is 11.9. The molecule has 0 saturated heterocycles. The Bertz CT molecular complexity index is 699. The fourth-order valence-corrected chi connectivity index (χ4v) is 2.36. The molecule has 2 heterocycles. The van der Waals surface area contributed by atoms with E-state index in [0.29, 0.717) is 5.95 Å². The minimum Gasteiger partial charge on any atom is -0.333 e. The summed E-state index contributed by atoms with van der Waals surface area (Å²) in [6.07, 6.45) is 0. The molecule has 0 spiro atoms. The first-order valence-corrected chi connectivity index (χ1v) is 6.37. The highest BCUT2D eigenvalue weighted by atomic mass is 16.2. The number of carbonyl (C=O) groups excluding carboxylic acids is 1. The Balaban J connectivity index is 2.32. The Labute approximate surface area is 112 Å². The quantitative estimate of drug-likeness (QED) is 0.790. The molecule has 1 amide bonds. The number of carbonyl (C=O) groups is 1. The molecule has 1 N–H and O–H groups in total. The molecule has 19 heavy (non-hydrogen) atoms. The molecule has 0 atom stereocenters. The molecule has 1 aromatic carbocycles. The van der Waals surface area contributed by atoms with Crippen molar-refractivity contribution in [3.05, 3.63) is 23.3 Å². The molecule has 1 aliphatic heterocycles. The molecule has 0 unspecified atom stereocenters. The number of aromatic nitrogens is 2. The molecule has 3 rings (SSSR count). The maximum Gasteiger partial charge on any atom is 0.333 e. The predicted octanol–water partition coefficient (Wildman–Crippen LogP) is 2.71. The molecule has 0 bridgehead atoms. The molecular weight excluding hydrogens is 240 g/mol. The maximum atomic E-state index is 12.5. The van der Waals surface area contributed by atoms with Gasteiger partial charge in [0.2, 0.25) is 5.95 Å². The molecule has 0 saturated carbocycles. The molecule has 0 radical (unpaired) electrons. The first kappa shape index (κ1) is 12.0. The Morgan fingerprint density at radius 2 is 1.84 bits per heavy atom. The number of benzene rings is 1. The van der Waals surface area contributed by atoms with Crippen LogP contribution in [0.5, 0.6) is 0 Å². The third-order valence-electron chi connectivity index (χ3n) is 4.00. The van der Waals surface area contributed by atoms with Crippen LogP contribution in [-0.2, 0) is 0 Å². The number of anilines is 1. The van der Waals surface area contributed by atoms with E-state index in [0.717, 1.165) is 16.6 Å². The minimum atomic E-state index is -0.432. The van der Waals surface area contributed by atoms with E-state index < -0.39 is 5.66 Å². The highest BCUT2D eigenvalue weighted by Gasteiger charge is 2.36. The predicted molar refractivity (Wildman–Crippen MR) is 75.5 cm³/mol. The standard InChI is InChI=1S/C14H18N4O/c1-8-6-10-11(7-9(8)2)18-12(15-10)16-14(3,4)17(5)13(18)19/h6-7H,1-5H3,(H,15,16). The van der Waals surface area contributed by atoms with Crippen LogP contribution < -0.4 is 5.32 Å². The van der Waals surface area contributed by atoms with E-state index in [1.165, 1.54) is 5.56 Å². The lowest BCUT2D eigenvalue weighted by molar-refractivity contribution is 0.164. The summed E-state index contributed by atoms with van der Waals surface area (Å²) in [7, 11) is 1.80. The molecule has 1 aromatic heterocycles. The monoisotopic (exact) mass is 258 g/mol. The number of hydrogen-bond acceptors (Lipinski definition) is 3. The van der Waals surface area contributed by atoms with Crippen molar-refractivity contribution >= 4 is 23.0 Å². The lowest BCUT2D eigenvalue weighted by Crippen LogP contribution is -2.56.